The molecule has 0 amide bonds. The average Bonchev–Trinajstić information content (AvgIpc) is 3.07. The lowest BCUT2D eigenvalue weighted by Gasteiger charge is -2.26. The maximum absolute atomic E-state index is 12.5. The number of alkyl halides is 2. The van der Waals surface area contributed by atoms with Gasteiger partial charge in [-0.05, 0) is 43.0 Å². The van der Waals surface area contributed by atoms with E-state index in [-0.39, 0.29) is 11.3 Å². The zero-order valence-corrected chi connectivity index (χ0v) is 18.8. The zero-order valence-electron chi connectivity index (χ0n) is 18.0. The highest BCUT2D eigenvalue weighted by Crippen LogP contribution is 2.34. The summed E-state index contributed by atoms with van der Waals surface area (Å²) in [5.74, 6) is 1.58. The molecule has 0 N–H and O–H groups in total. The summed E-state index contributed by atoms with van der Waals surface area (Å²) in [5.41, 5.74) is 1.99. The third kappa shape index (κ3) is 5.36. The number of rotatable bonds is 6. The quantitative estimate of drug-likeness (QED) is 0.470. The van der Waals surface area contributed by atoms with Gasteiger partial charge in [0.2, 0.25) is 5.88 Å². The highest BCUT2D eigenvalue weighted by molar-refractivity contribution is 7.99. The molecule has 166 valence electrons. The fourth-order valence-electron chi connectivity index (χ4n) is 3.86. The number of fused-ring (bicyclic) bond motifs is 1. The van der Waals surface area contributed by atoms with Crippen LogP contribution in [0.25, 0.3) is 11.0 Å². The van der Waals surface area contributed by atoms with Gasteiger partial charge in [0.25, 0.3) is 0 Å². The molecule has 1 saturated heterocycles. The van der Waals surface area contributed by atoms with Gasteiger partial charge in [0.15, 0.2) is 0 Å². The molecule has 0 aliphatic carbocycles. The van der Waals surface area contributed by atoms with Gasteiger partial charge in [-0.25, -0.2) is 9.97 Å². The first-order chi connectivity index (χ1) is 14.8. The first-order valence-electron chi connectivity index (χ1n) is 10.5. The van der Waals surface area contributed by atoms with Crippen LogP contribution in [-0.4, -0.2) is 34.4 Å². The van der Waals surface area contributed by atoms with Crippen LogP contribution in [0.15, 0.2) is 46.3 Å². The molecule has 31 heavy (non-hydrogen) atoms. The number of hydrogen-bond donors (Lipinski definition) is 0. The van der Waals surface area contributed by atoms with Crippen molar-refractivity contribution in [2.45, 2.75) is 62.0 Å². The molecule has 1 aromatic carbocycles. The summed E-state index contributed by atoms with van der Waals surface area (Å²) < 4.78 is 37.2. The third-order valence-corrected chi connectivity index (χ3v) is 6.30. The second-order valence-corrected chi connectivity index (χ2v) is 9.96. The molecular formula is C23H27F2N3O2S. The largest absolute Gasteiger partial charge is 0.417 e. The minimum Gasteiger partial charge on any atom is -0.417 e. The van der Waals surface area contributed by atoms with Crippen molar-refractivity contribution in [2.75, 3.05) is 13.2 Å². The Hall–Kier alpha value is -2.19. The van der Waals surface area contributed by atoms with Crippen molar-refractivity contribution in [1.82, 2.24) is 14.5 Å². The van der Waals surface area contributed by atoms with E-state index < -0.39 is 6.61 Å². The number of pyridine rings is 1. The van der Waals surface area contributed by atoms with Crippen molar-refractivity contribution in [2.24, 2.45) is 5.92 Å². The molecular weight excluding hydrogens is 420 g/mol. The SMILES string of the molecule is CC(C)(C)c1nc2cc(Sc3ccnc(OC(F)F)c3)ccc2n1CC1CCOCC1. The molecule has 1 aliphatic heterocycles. The van der Waals surface area contributed by atoms with E-state index in [9.17, 15) is 8.78 Å². The number of hydrogen-bond acceptors (Lipinski definition) is 5. The molecule has 0 atom stereocenters. The van der Waals surface area contributed by atoms with Crippen LogP contribution in [0.2, 0.25) is 0 Å². The topological polar surface area (TPSA) is 49.2 Å². The van der Waals surface area contributed by atoms with Gasteiger partial charge in [0, 0.05) is 47.2 Å². The Balaban J connectivity index is 1.63. The van der Waals surface area contributed by atoms with Crippen LogP contribution in [0.3, 0.4) is 0 Å². The summed E-state index contributed by atoms with van der Waals surface area (Å²) >= 11 is 1.47. The van der Waals surface area contributed by atoms with Crippen LogP contribution in [0.1, 0.15) is 39.4 Å². The van der Waals surface area contributed by atoms with Crippen molar-refractivity contribution in [1.29, 1.82) is 0 Å². The lowest BCUT2D eigenvalue weighted by molar-refractivity contribution is -0.0530. The van der Waals surface area contributed by atoms with E-state index in [1.807, 2.05) is 0 Å². The van der Waals surface area contributed by atoms with E-state index in [1.54, 1.807) is 6.07 Å². The fraction of sp³-hybridized carbons (Fsp3) is 0.478. The predicted molar refractivity (Wildman–Crippen MR) is 117 cm³/mol. The second kappa shape index (κ2) is 9.12. The Morgan fingerprint density at radius 1 is 1.16 bits per heavy atom. The van der Waals surface area contributed by atoms with E-state index in [0.717, 1.165) is 59.2 Å². The van der Waals surface area contributed by atoms with Gasteiger partial charge in [-0.1, -0.05) is 32.5 Å². The summed E-state index contributed by atoms with van der Waals surface area (Å²) in [7, 11) is 0. The Labute approximate surface area is 185 Å². The highest BCUT2D eigenvalue weighted by atomic mass is 32.2. The molecule has 3 heterocycles. The Morgan fingerprint density at radius 2 is 1.90 bits per heavy atom. The normalized spacial score (nSPS) is 15.7. The Bertz CT molecular complexity index is 1040. The summed E-state index contributed by atoms with van der Waals surface area (Å²) in [6.45, 7) is 6.26. The molecule has 1 fully saturated rings. The molecule has 4 rings (SSSR count). The molecule has 0 radical (unpaired) electrons. The van der Waals surface area contributed by atoms with Crippen LogP contribution in [0, 0.1) is 5.92 Å². The summed E-state index contributed by atoms with van der Waals surface area (Å²) in [6, 6.07) is 9.51. The molecule has 0 unspecified atom stereocenters. The number of ether oxygens (including phenoxy) is 2. The minimum absolute atomic E-state index is 0.0793. The van der Waals surface area contributed by atoms with Crippen LogP contribution >= 0.6 is 11.8 Å². The number of benzene rings is 1. The van der Waals surface area contributed by atoms with Crippen molar-refractivity contribution in [3.8, 4) is 5.88 Å². The van der Waals surface area contributed by atoms with Gasteiger partial charge in [-0.2, -0.15) is 8.78 Å². The summed E-state index contributed by atoms with van der Waals surface area (Å²) in [6.07, 6.45) is 3.61. The maximum atomic E-state index is 12.5. The van der Waals surface area contributed by atoms with E-state index >= 15 is 0 Å². The van der Waals surface area contributed by atoms with Crippen molar-refractivity contribution < 1.29 is 18.3 Å². The van der Waals surface area contributed by atoms with Gasteiger partial charge in [0.05, 0.1) is 11.0 Å². The Morgan fingerprint density at radius 3 is 2.61 bits per heavy atom. The third-order valence-electron chi connectivity index (χ3n) is 5.32. The van der Waals surface area contributed by atoms with Crippen molar-refractivity contribution in [3.63, 3.8) is 0 Å². The molecule has 0 spiro atoms. The van der Waals surface area contributed by atoms with E-state index in [1.165, 1.54) is 24.0 Å². The van der Waals surface area contributed by atoms with E-state index in [4.69, 9.17) is 9.72 Å². The molecule has 5 nitrogen and oxygen atoms in total. The summed E-state index contributed by atoms with van der Waals surface area (Å²) in [5, 5.41) is 0. The van der Waals surface area contributed by atoms with Crippen LogP contribution in [0.4, 0.5) is 8.78 Å². The van der Waals surface area contributed by atoms with Crippen LogP contribution < -0.4 is 4.74 Å². The average molecular weight is 448 g/mol. The fourth-order valence-corrected chi connectivity index (χ4v) is 4.73. The first-order valence-corrected chi connectivity index (χ1v) is 11.3. The molecule has 0 bridgehead atoms. The number of imidazole rings is 1. The van der Waals surface area contributed by atoms with E-state index in [2.05, 4.69) is 53.3 Å². The van der Waals surface area contributed by atoms with Gasteiger partial charge < -0.3 is 14.0 Å². The monoisotopic (exact) mass is 447 g/mol. The van der Waals surface area contributed by atoms with Gasteiger partial charge in [0.1, 0.15) is 5.82 Å². The van der Waals surface area contributed by atoms with Gasteiger partial charge >= 0.3 is 6.61 Å². The first kappa shape index (κ1) is 22.0. The molecule has 3 aromatic rings. The number of halogens is 2. The van der Waals surface area contributed by atoms with Crippen LogP contribution in [0.5, 0.6) is 5.88 Å². The molecule has 8 heteroatoms. The lowest BCUT2D eigenvalue weighted by atomic mass is 9.94. The highest BCUT2D eigenvalue weighted by Gasteiger charge is 2.25. The number of aromatic nitrogens is 3. The van der Waals surface area contributed by atoms with Crippen LogP contribution in [-0.2, 0) is 16.7 Å². The maximum Gasteiger partial charge on any atom is 0.388 e. The second-order valence-electron chi connectivity index (χ2n) is 8.81. The van der Waals surface area contributed by atoms with Gasteiger partial charge in [-0.15, -0.1) is 0 Å². The van der Waals surface area contributed by atoms with Crippen molar-refractivity contribution in [3.05, 3.63) is 42.4 Å². The molecule has 0 saturated carbocycles. The Kier molecular flexibility index (Phi) is 6.48. The van der Waals surface area contributed by atoms with Gasteiger partial charge in [-0.3, -0.25) is 0 Å². The standard InChI is InChI=1S/C23H27F2N3O2S/c1-23(2,3)21-27-18-12-16(31-17-6-9-26-20(13-17)30-22(24)25)4-5-19(18)28(21)14-15-7-10-29-11-8-15/h4-6,9,12-13,15,22H,7-8,10-11,14H2,1-3H3. The van der Waals surface area contributed by atoms with E-state index in [0.29, 0.717) is 5.92 Å². The molecule has 2 aromatic heterocycles. The molecule has 1 aliphatic rings. The number of nitrogens with zero attached hydrogens (tertiary/aromatic N) is 3. The minimum atomic E-state index is -2.89. The zero-order chi connectivity index (χ0) is 22.0. The van der Waals surface area contributed by atoms with Crippen molar-refractivity contribution >= 4 is 22.8 Å². The predicted octanol–water partition coefficient (Wildman–Crippen LogP) is 5.91. The lowest BCUT2D eigenvalue weighted by Crippen LogP contribution is -2.25. The summed E-state index contributed by atoms with van der Waals surface area (Å²) in [4.78, 5) is 10.6. The smallest absolute Gasteiger partial charge is 0.388 e.